The largest absolute Gasteiger partial charge is 0.348 e. The van der Waals surface area contributed by atoms with Crippen LogP contribution in [0.2, 0.25) is 0 Å². The van der Waals surface area contributed by atoms with Crippen molar-refractivity contribution in [3.8, 4) is 0 Å². The van der Waals surface area contributed by atoms with Crippen molar-refractivity contribution in [1.82, 2.24) is 9.89 Å². The summed E-state index contributed by atoms with van der Waals surface area (Å²) in [5.74, 6) is 0.531. The Hall–Kier alpha value is -2.10. The molecule has 8 nitrogen and oxygen atoms in total. The molecule has 3 N–H and O–H groups in total. The quantitative estimate of drug-likeness (QED) is 0.631. The average Bonchev–Trinajstić information content (AvgIpc) is 3.33. The number of nitrogens with one attached hydrogen (secondary N) is 1. The summed E-state index contributed by atoms with van der Waals surface area (Å²) >= 11 is 1.44. The zero-order valence-corrected chi connectivity index (χ0v) is 17.5. The Kier molecular flexibility index (Phi) is 4.99. The van der Waals surface area contributed by atoms with Crippen molar-refractivity contribution in [2.24, 2.45) is 17.8 Å². The van der Waals surface area contributed by atoms with Crippen LogP contribution in [0.5, 0.6) is 0 Å². The molecule has 0 spiro atoms. The normalized spacial score (nSPS) is 27.5. The second-order valence-corrected chi connectivity index (χ2v) is 9.84. The monoisotopic (exact) mass is 430 g/mol. The highest BCUT2D eigenvalue weighted by atomic mass is 32.2. The van der Waals surface area contributed by atoms with Crippen molar-refractivity contribution < 1.29 is 15.0 Å². The van der Waals surface area contributed by atoms with Crippen molar-refractivity contribution in [3.63, 3.8) is 0 Å². The Labute approximate surface area is 178 Å². The smallest absolute Gasteiger partial charge is 0.294 e. The molecule has 5 rings (SSSR count). The summed E-state index contributed by atoms with van der Waals surface area (Å²) < 4.78 is 0. The second kappa shape index (κ2) is 7.55. The number of carbonyl (C=O) groups excluding carboxylic acids is 1. The van der Waals surface area contributed by atoms with Crippen molar-refractivity contribution in [2.45, 2.75) is 38.0 Å². The van der Waals surface area contributed by atoms with Crippen LogP contribution in [-0.4, -0.2) is 50.0 Å². The third-order valence-electron chi connectivity index (χ3n) is 6.79. The van der Waals surface area contributed by atoms with Gasteiger partial charge in [0, 0.05) is 24.1 Å². The van der Waals surface area contributed by atoms with Crippen LogP contribution in [0.1, 0.15) is 32.1 Å². The molecule has 2 heterocycles. The molecule has 3 aliphatic rings. The molecule has 2 bridgehead atoms. The van der Waals surface area contributed by atoms with Gasteiger partial charge < -0.3 is 15.1 Å². The van der Waals surface area contributed by atoms with Crippen LogP contribution >= 0.6 is 11.8 Å². The van der Waals surface area contributed by atoms with E-state index < -0.39 is 11.5 Å². The summed E-state index contributed by atoms with van der Waals surface area (Å²) in [5, 5.41) is 26.2. The lowest BCUT2D eigenvalue weighted by atomic mass is 9.86. The Bertz CT molecular complexity index is 1040. The Morgan fingerprint density at radius 1 is 1.23 bits per heavy atom. The molecule has 160 valence electrons. The van der Waals surface area contributed by atoms with E-state index in [4.69, 9.17) is 0 Å². The summed E-state index contributed by atoms with van der Waals surface area (Å²) in [7, 11) is 0. The number of thioether (sulfide) groups is 1. The van der Waals surface area contributed by atoms with Crippen molar-refractivity contribution in [1.29, 1.82) is 0 Å². The highest BCUT2D eigenvalue weighted by Crippen LogP contribution is 2.49. The number of anilines is 1. The molecular formula is C21H26N4O4S. The topological polar surface area (TPSA) is 108 Å². The van der Waals surface area contributed by atoms with Crippen LogP contribution in [0.3, 0.4) is 0 Å². The van der Waals surface area contributed by atoms with Crippen molar-refractivity contribution >= 4 is 34.3 Å². The van der Waals surface area contributed by atoms with E-state index in [1.165, 1.54) is 35.9 Å². The van der Waals surface area contributed by atoms with E-state index in [-0.39, 0.29) is 17.5 Å². The first-order valence-electron chi connectivity index (χ1n) is 10.5. The van der Waals surface area contributed by atoms with Crippen LogP contribution in [0, 0.1) is 17.8 Å². The van der Waals surface area contributed by atoms with E-state index in [1.54, 1.807) is 24.3 Å². The fourth-order valence-electron chi connectivity index (χ4n) is 5.37. The second-order valence-electron chi connectivity index (χ2n) is 8.74. The Morgan fingerprint density at radius 3 is 2.73 bits per heavy atom. The van der Waals surface area contributed by atoms with Gasteiger partial charge in [-0.05, 0) is 43.1 Å². The fraction of sp³-hybridized carbons (Fsp3) is 0.571. The molecule has 30 heavy (non-hydrogen) atoms. The molecule has 1 aromatic carbocycles. The number of hydrogen-bond acceptors (Lipinski definition) is 7. The minimum absolute atomic E-state index is 0.110. The SMILES string of the molecule is O=C(CC1CC2CCC1C2)Nn1nc(N2CCSCC2(O)O)c2ccccc2c1=O. The number of aromatic nitrogens is 2. The zero-order valence-electron chi connectivity index (χ0n) is 16.7. The predicted octanol–water partition coefficient (Wildman–Crippen LogP) is 1.48. The van der Waals surface area contributed by atoms with Gasteiger partial charge in [0.25, 0.3) is 11.5 Å². The summed E-state index contributed by atoms with van der Waals surface area (Å²) in [6.07, 6.45) is 5.17. The maximum atomic E-state index is 13.0. The minimum atomic E-state index is -2.08. The molecule has 2 aliphatic carbocycles. The maximum Gasteiger partial charge on any atom is 0.294 e. The van der Waals surface area contributed by atoms with Gasteiger partial charge in [0.1, 0.15) is 0 Å². The van der Waals surface area contributed by atoms with Crippen molar-refractivity contribution in [3.05, 3.63) is 34.6 Å². The number of carbonyl (C=O) groups is 1. The lowest BCUT2D eigenvalue weighted by Gasteiger charge is -2.39. The van der Waals surface area contributed by atoms with Gasteiger partial charge in [-0.15, -0.1) is 9.89 Å². The molecule has 1 aromatic heterocycles. The number of benzene rings is 1. The predicted molar refractivity (Wildman–Crippen MR) is 116 cm³/mol. The number of fused-ring (bicyclic) bond motifs is 3. The van der Waals surface area contributed by atoms with E-state index >= 15 is 0 Å². The van der Waals surface area contributed by atoms with E-state index in [2.05, 4.69) is 10.5 Å². The first-order valence-corrected chi connectivity index (χ1v) is 11.7. The van der Waals surface area contributed by atoms with Gasteiger partial charge in [-0.1, -0.05) is 24.6 Å². The van der Waals surface area contributed by atoms with Gasteiger partial charge in [0.2, 0.25) is 5.91 Å². The molecule has 2 aromatic rings. The molecular weight excluding hydrogens is 404 g/mol. The van der Waals surface area contributed by atoms with E-state index in [1.807, 2.05) is 0 Å². The summed E-state index contributed by atoms with van der Waals surface area (Å²) in [5.41, 5.74) is 2.23. The van der Waals surface area contributed by atoms with Gasteiger partial charge in [-0.3, -0.25) is 9.59 Å². The lowest BCUT2D eigenvalue weighted by Crippen LogP contribution is -2.56. The number of amides is 1. The van der Waals surface area contributed by atoms with Crippen molar-refractivity contribution in [2.75, 3.05) is 28.4 Å². The Morgan fingerprint density at radius 2 is 2.03 bits per heavy atom. The van der Waals surface area contributed by atoms with Crippen LogP contribution in [0.25, 0.3) is 10.8 Å². The standard InChI is InChI=1S/C21H26N4O4S/c26-18(11-15-10-13-5-6-14(15)9-13)22-25-20(27)17-4-2-1-3-16(17)19(23-25)24-7-8-30-12-21(24,28)29/h1-4,13-15,28-29H,5-12H2,(H,22,26). The highest BCUT2D eigenvalue weighted by molar-refractivity contribution is 7.99. The lowest BCUT2D eigenvalue weighted by molar-refractivity contribution is -0.141. The molecule has 9 heteroatoms. The Balaban J connectivity index is 1.47. The van der Waals surface area contributed by atoms with Gasteiger partial charge in [-0.2, -0.15) is 11.8 Å². The molecule has 1 aliphatic heterocycles. The number of nitrogens with zero attached hydrogens (tertiary/aromatic N) is 3. The molecule has 1 saturated heterocycles. The third-order valence-corrected chi connectivity index (χ3v) is 7.85. The summed E-state index contributed by atoms with van der Waals surface area (Å²) in [4.78, 5) is 28.0. The van der Waals surface area contributed by atoms with Gasteiger partial charge >= 0.3 is 0 Å². The molecule has 0 radical (unpaired) electrons. The zero-order chi connectivity index (χ0) is 20.9. The maximum absolute atomic E-state index is 13.0. The van der Waals surface area contributed by atoms with E-state index in [0.29, 0.717) is 41.3 Å². The molecule has 3 fully saturated rings. The molecule has 3 atom stereocenters. The third kappa shape index (κ3) is 3.48. The van der Waals surface area contributed by atoms with Gasteiger partial charge in [-0.25, -0.2) is 5.43 Å². The number of rotatable bonds is 4. The van der Waals surface area contributed by atoms with E-state index in [0.717, 1.165) is 17.1 Å². The molecule has 2 saturated carbocycles. The van der Waals surface area contributed by atoms with E-state index in [9.17, 15) is 19.8 Å². The average molecular weight is 431 g/mol. The fourth-order valence-corrected chi connectivity index (χ4v) is 6.26. The first-order chi connectivity index (χ1) is 14.4. The summed E-state index contributed by atoms with van der Waals surface area (Å²) in [6.45, 7) is 0.367. The summed E-state index contributed by atoms with van der Waals surface area (Å²) in [6, 6.07) is 6.92. The first kappa shape index (κ1) is 19.8. The van der Waals surface area contributed by atoms with Gasteiger partial charge in [0.15, 0.2) is 5.82 Å². The minimum Gasteiger partial charge on any atom is -0.348 e. The van der Waals surface area contributed by atoms with Crippen LogP contribution in [-0.2, 0) is 4.79 Å². The molecule has 3 unspecified atom stereocenters. The number of aliphatic hydroxyl groups is 2. The van der Waals surface area contributed by atoms with Crippen LogP contribution in [0.15, 0.2) is 29.1 Å². The highest BCUT2D eigenvalue weighted by Gasteiger charge is 2.40. The van der Waals surface area contributed by atoms with Crippen LogP contribution < -0.4 is 15.9 Å². The van der Waals surface area contributed by atoms with Crippen LogP contribution in [0.4, 0.5) is 5.82 Å². The number of hydrogen-bond donors (Lipinski definition) is 3. The molecule has 1 amide bonds. The van der Waals surface area contributed by atoms with Gasteiger partial charge in [0.05, 0.1) is 11.1 Å².